The molecule has 3 aromatic rings. The number of amides is 2. The second-order valence-electron chi connectivity index (χ2n) is 6.80. The lowest BCUT2D eigenvalue weighted by molar-refractivity contribution is -0.147. The fraction of sp³-hybridized carbons (Fsp3) is 0.174. The molecule has 158 valence electrons. The van der Waals surface area contributed by atoms with E-state index >= 15 is 0 Å². The quantitative estimate of drug-likeness (QED) is 0.418. The molecule has 1 aliphatic heterocycles. The topological polar surface area (TPSA) is 75.7 Å². The predicted molar refractivity (Wildman–Crippen MR) is 121 cm³/mol. The van der Waals surface area contributed by atoms with Crippen LogP contribution in [0.2, 0.25) is 0 Å². The van der Waals surface area contributed by atoms with Crippen molar-refractivity contribution in [2.75, 3.05) is 18.1 Å². The summed E-state index contributed by atoms with van der Waals surface area (Å²) in [6, 6.07) is 17.1. The normalized spacial score (nSPS) is 11.9. The zero-order valence-electron chi connectivity index (χ0n) is 16.6. The van der Waals surface area contributed by atoms with E-state index in [1.807, 2.05) is 53.9 Å². The molecule has 0 spiro atoms. The molecule has 0 saturated heterocycles. The molecule has 0 radical (unpaired) electrons. The van der Waals surface area contributed by atoms with Crippen molar-refractivity contribution in [3.05, 3.63) is 70.9 Å². The van der Waals surface area contributed by atoms with Gasteiger partial charge < -0.3 is 10.1 Å². The summed E-state index contributed by atoms with van der Waals surface area (Å²) in [7, 11) is 0. The first-order chi connectivity index (χ1) is 15.1. The largest absolute Gasteiger partial charge is 0.456 e. The number of nitrogens with zero attached hydrogens (tertiary/aromatic N) is 1. The van der Waals surface area contributed by atoms with E-state index in [4.69, 9.17) is 4.74 Å². The van der Waals surface area contributed by atoms with E-state index in [2.05, 4.69) is 5.32 Å². The van der Waals surface area contributed by atoms with Crippen molar-refractivity contribution >= 4 is 52.3 Å². The van der Waals surface area contributed by atoms with Crippen LogP contribution in [0.15, 0.2) is 75.1 Å². The molecule has 2 amide bonds. The fourth-order valence-corrected chi connectivity index (χ4v) is 4.88. The number of anilines is 2. The van der Waals surface area contributed by atoms with Crippen molar-refractivity contribution in [3.8, 4) is 0 Å². The minimum Gasteiger partial charge on any atom is -0.456 e. The molecule has 0 bridgehead atoms. The average Bonchev–Trinajstić information content (AvgIpc) is 3.33. The van der Waals surface area contributed by atoms with Crippen LogP contribution >= 0.6 is 23.1 Å². The minimum absolute atomic E-state index is 0.125. The van der Waals surface area contributed by atoms with Crippen molar-refractivity contribution < 1.29 is 19.1 Å². The highest BCUT2D eigenvalue weighted by Gasteiger charge is 2.28. The van der Waals surface area contributed by atoms with Gasteiger partial charge in [0.25, 0.3) is 11.8 Å². The lowest BCUT2D eigenvalue weighted by atomic mass is 10.2. The summed E-state index contributed by atoms with van der Waals surface area (Å²) in [6.07, 6.45) is 0.565. The molecule has 2 aromatic carbocycles. The van der Waals surface area contributed by atoms with Gasteiger partial charge in [-0.1, -0.05) is 36.0 Å². The molecule has 1 aromatic heterocycles. The summed E-state index contributed by atoms with van der Waals surface area (Å²) < 4.78 is 5.22. The van der Waals surface area contributed by atoms with Crippen LogP contribution in [0.5, 0.6) is 0 Å². The van der Waals surface area contributed by atoms with Gasteiger partial charge in [-0.25, -0.2) is 0 Å². The standard InChI is InChI=1S/C23H20N2O4S2/c26-21(14-29-22(27)10-5-12-24-23(28)16-11-13-30-15-16)25-17-6-1-3-8-19(17)31-20-9-4-2-7-18(20)25/h1-4,6-9,11,13,15H,5,10,12,14H2,(H,24,28). The third-order valence-electron chi connectivity index (χ3n) is 4.66. The number of benzene rings is 2. The van der Waals surface area contributed by atoms with Gasteiger partial charge in [0.05, 0.1) is 11.4 Å². The van der Waals surface area contributed by atoms with Gasteiger partial charge in [0.2, 0.25) is 0 Å². The molecule has 2 heterocycles. The summed E-state index contributed by atoms with van der Waals surface area (Å²) in [6.45, 7) is 0.0231. The summed E-state index contributed by atoms with van der Waals surface area (Å²) in [4.78, 5) is 40.5. The maximum atomic E-state index is 13.0. The Labute approximate surface area is 188 Å². The number of ether oxygens (including phenoxy) is 1. The number of thiophene rings is 1. The first kappa shape index (κ1) is 21.1. The molecule has 0 atom stereocenters. The number of para-hydroxylation sites is 2. The van der Waals surface area contributed by atoms with Gasteiger partial charge in [0.1, 0.15) is 0 Å². The van der Waals surface area contributed by atoms with Gasteiger partial charge in [0, 0.05) is 33.7 Å². The maximum Gasteiger partial charge on any atom is 0.306 e. The number of fused-ring (bicyclic) bond motifs is 2. The molecule has 6 nitrogen and oxygen atoms in total. The van der Waals surface area contributed by atoms with Gasteiger partial charge in [-0.3, -0.25) is 19.3 Å². The van der Waals surface area contributed by atoms with E-state index in [-0.39, 0.29) is 24.8 Å². The van der Waals surface area contributed by atoms with Crippen LogP contribution in [0.1, 0.15) is 23.2 Å². The lowest BCUT2D eigenvalue weighted by Gasteiger charge is -2.30. The second-order valence-corrected chi connectivity index (χ2v) is 8.66. The van der Waals surface area contributed by atoms with Gasteiger partial charge in [-0.15, -0.1) is 0 Å². The van der Waals surface area contributed by atoms with E-state index in [0.29, 0.717) is 18.5 Å². The zero-order valence-corrected chi connectivity index (χ0v) is 18.2. The Hall–Kier alpha value is -3.10. The molecule has 0 saturated carbocycles. The SMILES string of the molecule is O=C(CCCNC(=O)c1ccsc1)OCC(=O)N1c2ccccc2Sc2ccccc21. The molecule has 0 fully saturated rings. The second kappa shape index (κ2) is 9.80. The van der Waals surface area contributed by atoms with Gasteiger partial charge in [-0.2, -0.15) is 11.3 Å². The van der Waals surface area contributed by atoms with Crippen LogP contribution in [0.4, 0.5) is 11.4 Å². The zero-order chi connectivity index (χ0) is 21.6. The Morgan fingerprint density at radius 3 is 2.26 bits per heavy atom. The van der Waals surface area contributed by atoms with Crippen molar-refractivity contribution in [1.29, 1.82) is 0 Å². The highest BCUT2D eigenvalue weighted by molar-refractivity contribution is 7.99. The summed E-state index contributed by atoms with van der Waals surface area (Å²) in [5, 5.41) is 6.36. The third kappa shape index (κ3) is 4.98. The highest BCUT2D eigenvalue weighted by atomic mass is 32.2. The summed E-state index contributed by atoms with van der Waals surface area (Å²) >= 11 is 3.06. The Bertz CT molecular complexity index is 1050. The Kier molecular flexibility index (Phi) is 6.69. The van der Waals surface area contributed by atoms with E-state index in [1.54, 1.807) is 28.1 Å². The number of nitrogens with one attached hydrogen (secondary N) is 1. The van der Waals surface area contributed by atoms with Gasteiger partial charge >= 0.3 is 5.97 Å². The first-order valence-electron chi connectivity index (χ1n) is 9.78. The minimum atomic E-state index is -0.467. The molecule has 31 heavy (non-hydrogen) atoms. The van der Waals surface area contributed by atoms with Crippen LogP contribution in [-0.2, 0) is 14.3 Å². The van der Waals surface area contributed by atoms with Gasteiger partial charge in [-0.05, 0) is 42.1 Å². The van der Waals surface area contributed by atoms with Gasteiger partial charge in [0.15, 0.2) is 6.61 Å². The predicted octanol–water partition coefficient (Wildman–Crippen LogP) is 4.63. The summed E-state index contributed by atoms with van der Waals surface area (Å²) in [5.41, 5.74) is 2.17. The van der Waals surface area contributed by atoms with E-state index in [9.17, 15) is 14.4 Å². The molecule has 1 N–H and O–H groups in total. The van der Waals surface area contributed by atoms with E-state index < -0.39 is 5.97 Å². The van der Waals surface area contributed by atoms with Crippen LogP contribution in [0.3, 0.4) is 0 Å². The number of rotatable bonds is 7. The molecule has 4 rings (SSSR count). The molecular formula is C23H20N2O4S2. The first-order valence-corrected chi connectivity index (χ1v) is 11.5. The Morgan fingerprint density at radius 1 is 0.935 bits per heavy atom. The maximum absolute atomic E-state index is 13.0. The fourth-order valence-electron chi connectivity index (χ4n) is 3.18. The summed E-state index contributed by atoms with van der Waals surface area (Å²) in [5.74, 6) is -0.935. The van der Waals surface area contributed by atoms with E-state index in [1.165, 1.54) is 11.3 Å². The van der Waals surface area contributed by atoms with E-state index in [0.717, 1.165) is 21.2 Å². The Balaban J connectivity index is 1.30. The van der Waals surface area contributed by atoms with Crippen LogP contribution < -0.4 is 10.2 Å². The van der Waals surface area contributed by atoms with Crippen molar-refractivity contribution in [2.24, 2.45) is 0 Å². The average molecular weight is 453 g/mol. The molecule has 0 aliphatic carbocycles. The highest BCUT2D eigenvalue weighted by Crippen LogP contribution is 2.47. The van der Waals surface area contributed by atoms with Crippen molar-refractivity contribution in [3.63, 3.8) is 0 Å². The van der Waals surface area contributed by atoms with Crippen molar-refractivity contribution in [2.45, 2.75) is 22.6 Å². The van der Waals surface area contributed by atoms with Crippen molar-refractivity contribution in [1.82, 2.24) is 5.32 Å². The number of esters is 1. The van der Waals surface area contributed by atoms with Crippen LogP contribution in [0, 0.1) is 0 Å². The lowest BCUT2D eigenvalue weighted by Crippen LogP contribution is -2.32. The monoisotopic (exact) mass is 452 g/mol. The van der Waals surface area contributed by atoms with Crippen LogP contribution in [0.25, 0.3) is 0 Å². The number of hydrogen-bond donors (Lipinski definition) is 1. The number of hydrogen-bond acceptors (Lipinski definition) is 6. The Morgan fingerprint density at radius 2 is 1.61 bits per heavy atom. The number of carbonyl (C=O) groups is 3. The number of carbonyl (C=O) groups excluding carboxylic acids is 3. The molecule has 1 aliphatic rings. The van der Waals surface area contributed by atoms with Crippen LogP contribution in [-0.4, -0.2) is 30.9 Å². The molecule has 0 unspecified atom stereocenters. The smallest absolute Gasteiger partial charge is 0.306 e. The third-order valence-corrected chi connectivity index (χ3v) is 6.48. The molecular weight excluding hydrogens is 432 g/mol. The molecule has 8 heteroatoms.